The van der Waals surface area contributed by atoms with E-state index < -0.39 is 18.6 Å². The van der Waals surface area contributed by atoms with Gasteiger partial charge in [0.05, 0.1) is 12.5 Å². The van der Waals surface area contributed by atoms with Crippen LogP contribution in [0.5, 0.6) is 0 Å². The summed E-state index contributed by atoms with van der Waals surface area (Å²) in [5.41, 5.74) is 0.643. The smallest absolute Gasteiger partial charge is 0.301 e. The Morgan fingerprint density at radius 3 is 2.43 bits per heavy atom. The molecule has 0 aliphatic rings. The van der Waals surface area contributed by atoms with Crippen molar-refractivity contribution in [2.75, 3.05) is 0 Å². The normalized spacial score (nSPS) is 14.9. The molecule has 0 aliphatic carbocycles. The molecule has 1 aromatic heterocycles. The van der Waals surface area contributed by atoms with E-state index in [2.05, 4.69) is 10.3 Å². The van der Waals surface area contributed by atoms with Gasteiger partial charge in [-0.3, -0.25) is 0 Å². The molecule has 0 radical (unpaired) electrons. The topological polar surface area (TPSA) is 24.9 Å². The summed E-state index contributed by atoms with van der Waals surface area (Å²) in [6, 6.07) is 7.81. The molecule has 2 nitrogen and oxygen atoms in total. The molecule has 2 atom stereocenters. The van der Waals surface area contributed by atoms with Crippen molar-refractivity contribution in [2.45, 2.75) is 38.0 Å². The van der Waals surface area contributed by atoms with E-state index in [0.29, 0.717) is 12.0 Å². The Hall–Kier alpha value is -1.40. The second kappa shape index (κ2) is 7.04. The summed E-state index contributed by atoms with van der Waals surface area (Å²) in [6.45, 7) is 1.94. The third-order valence-electron chi connectivity index (χ3n) is 3.20. The maximum Gasteiger partial charge on any atom is 0.390 e. The Labute approximate surface area is 126 Å². The summed E-state index contributed by atoms with van der Waals surface area (Å²) in [4.78, 5) is 4.21. The van der Waals surface area contributed by atoms with Crippen molar-refractivity contribution in [1.29, 1.82) is 0 Å². The lowest BCUT2D eigenvalue weighted by Crippen LogP contribution is -2.30. The van der Waals surface area contributed by atoms with E-state index in [-0.39, 0.29) is 6.04 Å². The first kappa shape index (κ1) is 16.0. The highest BCUT2D eigenvalue weighted by atomic mass is 32.1. The zero-order valence-electron chi connectivity index (χ0n) is 11.6. The fourth-order valence-corrected chi connectivity index (χ4v) is 2.98. The van der Waals surface area contributed by atoms with E-state index in [1.165, 1.54) is 11.3 Å². The number of hydrogen-bond donors (Lipinski definition) is 1. The standard InChI is InChI=1S/C15H17F3N2S/c1-2-12(14-19-8-9-21-14)20-13(10-15(16,17)18)11-6-4-3-5-7-11/h3-9,12-13,20H,2,10H2,1H3. The van der Waals surface area contributed by atoms with Crippen molar-refractivity contribution in [2.24, 2.45) is 0 Å². The first-order valence-corrected chi connectivity index (χ1v) is 7.64. The quantitative estimate of drug-likeness (QED) is 0.822. The first-order chi connectivity index (χ1) is 9.99. The van der Waals surface area contributed by atoms with Gasteiger partial charge in [0.25, 0.3) is 0 Å². The minimum atomic E-state index is -4.21. The van der Waals surface area contributed by atoms with Gasteiger partial charge in [-0.1, -0.05) is 37.3 Å². The monoisotopic (exact) mass is 314 g/mol. The first-order valence-electron chi connectivity index (χ1n) is 6.76. The van der Waals surface area contributed by atoms with Crippen molar-refractivity contribution in [3.8, 4) is 0 Å². The Kier molecular flexibility index (Phi) is 5.36. The molecule has 2 rings (SSSR count). The molecule has 6 heteroatoms. The van der Waals surface area contributed by atoms with Crippen molar-refractivity contribution >= 4 is 11.3 Å². The lowest BCUT2D eigenvalue weighted by atomic mass is 10.0. The maximum absolute atomic E-state index is 12.8. The number of alkyl halides is 3. The highest BCUT2D eigenvalue weighted by Gasteiger charge is 2.33. The maximum atomic E-state index is 12.8. The van der Waals surface area contributed by atoms with Crippen molar-refractivity contribution < 1.29 is 13.2 Å². The number of nitrogens with zero attached hydrogens (tertiary/aromatic N) is 1. The van der Waals surface area contributed by atoms with Crippen molar-refractivity contribution in [3.05, 3.63) is 52.5 Å². The van der Waals surface area contributed by atoms with Crippen LogP contribution in [0.2, 0.25) is 0 Å². The number of hydrogen-bond acceptors (Lipinski definition) is 3. The molecule has 0 fully saturated rings. The minimum Gasteiger partial charge on any atom is -0.301 e. The van der Waals surface area contributed by atoms with Crippen LogP contribution in [0.25, 0.3) is 0 Å². The molecule has 0 spiro atoms. The summed E-state index contributed by atoms with van der Waals surface area (Å²) < 4.78 is 38.5. The van der Waals surface area contributed by atoms with Gasteiger partial charge in [0.15, 0.2) is 0 Å². The van der Waals surface area contributed by atoms with E-state index in [1.807, 2.05) is 12.3 Å². The summed E-state index contributed by atoms with van der Waals surface area (Å²) in [5.74, 6) is 0. The highest BCUT2D eigenvalue weighted by Crippen LogP contribution is 2.32. The zero-order chi connectivity index (χ0) is 15.3. The molecule has 2 unspecified atom stereocenters. The fourth-order valence-electron chi connectivity index (χ4n) is 2.20. The van der Waals surface area contributed by atoms with Gasteiger partial charge in [0, 0.05) is 17.6 Å². The third kappa shape index (κ3) is 4.82. The highest BCUT2D eigenvalue weighted by molar-refractivity contribution is 7.09. The molecule has 0 aliphatic heterocycles. The number of thiazole rings is 1. The van der Waals surface area contributed by atoms with E-state index >= 15 is 0 Å². The number of halogens is 3. The average molecular weight is 314 g/mol. The van der Waals surface area contributed by atoms with Gasteiger partial charge in [0.2, 0.25) is 0 Å². The van der Waals surface area contributed by atoms with Gasteiger partial charge in [-0.25, -0.2) is 4.98 Å². The van der Waals surface area contributed by atoms with Crippen molar-refractivity contribution in [1.82, 2.24) is 10.3 Å². The fraction of sp³-hybridized carbons (Fsp3) is 0.400. The predicted molar refractivity (Wildman–Crippen MR) is 78.1 cm³/mol. The molecule has 2 aromatic rings. The molecular weight excluding hydrogens is 297 g/mol. The van der Waals surface area contributed by atoms with Crippen LogP contribution in [0.4, 0.5) is 13.2 Å². The summed E-state index contributed by atoms with van der Waals surface area (Å²) in [5, 5.41) is 5.76. The molecule has 114 valence electrons. The molecule has 21 heavy (non-hydrogen) atoms. The van der Waals surface area contributed by atoms with E-state index in [9.17, 15) is 13.2 Å². The molecule has 1 heterocycles. The summed E-state index contributed by atoms with van der Waals surface area (Å²) >= 11 is 1.46. The van der Waals surface area contributed by atoms with Gasteiger partial charge in [-0.15, -0.1) is 11.3 Å². The van der Waals surface area contributed by atoms with Crippen LogP contribution in [0.3, 0.4) is 0 Å². The SMILES string of the molecule is CCC(NC(CC(F)(F)F)c1ccccc1)c1nccs1. The molecular formula is C15H17F3N2S. The summed E-state index contributed by atoms with van der Waals surface area (Å²) in [7, 11) is 0. The number of aromatic nitrogens is 1. The van der Waals surface area contributed by atoms with E-state index in [1.54, 1.807) is 36.5 Å². The Morgan fingerprint density at radius 1 is 1.19 bits per heavy atom. The molecule has 0 saturated carbocycles. The molecule has 1 N–H and O–H groups in total. The third-order valence-corrected chi connectivity index (χ3v) is 4.09. The number of rotatable bonds is 6. The van der Waals surface area contributed by atoms with Gasteiger partial charge in [-0.05, 0) is 12.0 Å². The van der Waals surface area contributed by atoms with Gasteiger partial charge < -0.3 is 5.32 Å². The van der Waals surface area contributed by atoms with E-state index in [0.717, 1.165) is 5.01 Å². The van der Waals surface area contributed by atoms with Crippen LogP contribution < -0.4 is 5.32 Å². The van der Waals surface area contributed by atoms with Crippen LogP contribution in [-0.4, -0.2) is 11.2 Å². The zero-order valence-corrected chi connectivity index (χ0v) is 12.4. The summed E-state index contributed by atoms with van der Waals surface area (Å²) in [6.07, 6.45) is -2.74. The average Bonchev–Trinajstić information content (AvgIpc) is 2.97. The molecule has 0 bridgehead atoms. The largest absolute Gasteiger partial charge is 0.390 e. The Morgan fingerprint density at radius 2 is 1.90 bits per heavy atom. The van der Waals surface area contributed by atoms with Crippen LogP contribution in [0, 0.1) is 0 Å². The lowest BCUT2D eigenvalue weighted by Gasteiger charge is -2.25. The van der Waals surface area contributed by atoms with Crippen LogP contribution in [-0.2, 0) is 0 Å². The minimum absolute atomic E-state index is 0.169. The number of benzene rings is 1. The molecule has 1 aromatic carbocycles. The molecule has 0 saturated heterocycles. The predicted octanol–water partition coefficient (Wildman–Crippen LogP) is 4.88. The lowest BCUT2D eigenvalue weighted by molar-refractivity contribution is -0.141. The van der Waals surface area contributed by atoms with Gasteiger partial charge >= 0.3 is 6.18 Å². The van der Waals surface area contributed by atoms with E-state index in [4.69, 9.17) is 0 Å². The number of nitrogens with one attached hydrogen (secondary N) is 1. The second-order valence-electron chi connectivity index (χ2n) is 4.78. The van der Waals surface area contributed by atoms with Crippen LogP contribution >= 0.6 is 11.3 Å². The molecule has 0 amide bonds. The Bertz CT molecular complexity index is 526. The Balaban J connectivity index is 2.19. The van der Waals surface area contributed by atoms with Gasteiger partial charge in [-0.2, -0.15) is 13.2 Å². The van der Waals surface area contributed by atoms with Gasteiger partial charge in [0.1, 0.15) is 5.01 Å². The second-order valence-corrected chi connectivity index (χ2v) is 5.71. The van der Waals surface area contributed by atoms with Crippen molar-refractivity contribution in [3.63, 3.8) is 0 Å². The van der Waals surface area contributed by atoms with Crippen LogP contribution in [0.15, 0.2) is 41.9 Å². The van der Waals surface area contributed by atoms with Crippen LogP contribution in [0.1, 0.15) is 42.4 Å².